The average molecular weight is 362 g/mol. The van der Waals surface area contributed by atoms with Crippen LogP contribution >= 0.6 is 0 Å². The lowest BCUT2D eigenvalue weighted by atomic mass is 10.1. The van der Waals surface area contributed by atoms with E-state index in [0.717, 1.165) is 0 Å². The van der Waals surface area contributed by atoms with E-state index in [-0.39, 0.29) is 19.0 Å². The summed E-state index contributed by atoms with van der Waals surface area (Å²) in [5.74, 6) is -1.94. The van der Waals surface area contributed by atoms with Gasteiger partial charge in [0.25, 0.3) is 11.8 Å². The predicted molar refractivity (Wildman–Crippen MR) is 86.7 cm³/mol. The van der Waals surface area contributed by atoms with Gasteiger partial charge in [0.1, 0.15) is 12.4 Å². The summed E-state index contributed by atoms with van der Waals surface area (Å²) in [7, 11) is 0. The smallest absolute Gasteiger partial charge is 0.267 e. The normalized spacial score (nSPS) is 20.2. The van der Waals surface area contributed by atoms with Crippen LogP contribution in [0, 0.1) is 0 Å². The van der Waals surface area contributed by atoms with Crippen LogP contribution in [0.2, 0.25) is 0 Å². The van der Waals surface area contributed by atoms with Gasteiger partial charge in [-0.15, -0.1) is 0 Å². The molecule has 0 aliphatic carbocycles. The molecule has 1 saturated heterocycles. The van der Waals surface area contributed by atoms with E-state index in [9.17, 15) is 13.6 Å². The van der Waals surface area contributed by atoms with Crippen molar-refractivity contribution in [3.63, 3.8) is 0 Å². The van der Waals surface area contributed by atoms with Crippen LogP contribution in [0.4, 0.5) is 8.78 Å². The number of aromatic nitrogens is 1. The van der Waals surface area contributed by atoms with Crippen molar-refractivity contribution < 1.29 is 27.8 Å². The van der Waals surface area contributed by atoms with Gasteiger partial charge in [-0.05, 0) is 30.3 Å². The summed E-state index contributed by atoms with van der Waals surface area (Å²) in [5.41, 5.74) is 0.279. The average Bonchev–Trinajstić information content (AvgIpc) is 3.23. The first-order valence-corrected chi connectivity index (χ1v) is 8.13. The number of fused-ring (bicyclic) bond motifs is 1. The topological polar surface area (TPSA) is 60.9 Å². The summed E-state index contributed by atoms with van der Waals surface area (Å²) in [5, 5.41) is 0. The number of benzene rings is 1. The van der Waals surface area contributed by atoms with Gasteiger partial charge >= 0.3 is 0 Å². The molecule has 1 atom stereocenters. The molecule has 2 aromatic rings. The number of pyridine rings is 1. The first-order chi connectivity index (χ1) is 12.5. The first kappa shape index (κ1) is 16.6. The number of rotatable bonds is 4. The Morgan fingerprint density at radius 1 is 1.23 bits per heavy atom. The van der Waals surface area contributed by atoms with Crippen LogP contribution in [0.15, 0.2) is 42.7 Å². The lowest BCUT2D eigenvalue weighted by Crippen LogP contribution is -2.39. The van der Waals surface area contributed by atoms with Crippen LogP contribution < -0.4 is 14.2 Å². The molecule has 0 spiro atoms. The zero-order valence-corrected chi connectivity index (χ0v) is 13.7. The molecule has 1 amide bonds. The largest absolute Gasteiger partial charge is 0.491 e. The number of amides is 1. The van der Waals surface area contributed by atoms with E-state index in [2.05, 4.69) is 4.98 Å². The highest BCUT2D eigenvalue weighted by atomic mass is 19.3. The third-order valence-electron chi connectivity index (χ3n) is 4.35. The molecule has 3 heterocycles. The van der Waals surface area contributed by atoms with Crippen molar-refractivity contribution in [1.82, 2.24) is 9.88 Å². The first-order valence-electron chi connectivity index (χ1n) is 8.13. The van der Waals surface area contributed by atoms with Crippen molar-refractivity contribution in [1.29, 1.82) is 0 Å². The van der Waals surface area contributed by atoms with Crippen molar-refractivity contribution in [2.45, 2.75) is 18.4 Å². The lowest BCUT2D eigenvalue weighted by molar-refractivity contribution is 0.0116. The van der Waals surface area contributed by atoms with Crippen molar-refractivity contribution >= 4 is 5.91 Å². The maximum Gasteiger partial charge on any atom is 0.267 e. The Hall–Kier alpha value is -2.90. The molecule has 0 saturated carbocycles. The van der Waals surface area contributed by atoms with Crippen LogP contribution in [-0.2, 0) is 0 Å². The lowest BCUT2D eigenvalue weighted by Gasteiger charge is -2.24. The summed E-state index contributed by atoms with van der Waals surface area (Å²) in [4.78, 5) is 17.8. The highest BCUT2D eigenvalue weighted by Gasteiger charge is 2.47. The summed E-state index contributed by atoms with van der Waals surface area (Å²) in [6.07, 6.45) is 2.66. The quantitative estimate of drug-likeness (QED) is 0.837. The van der Waals surface area contributed by atoms with Crippen LogP contribution in [0.1, 0.15) is 16.8 Å². The monoisotopic (exact) mass is 362 g/mol. The maximum atomic E-state index is 14.0. The Labute approximate surface area is 148 Å². The van der Waals surface area contributed by atoms with E-state index in [0.29, 0.717) is 17.2 Å². The number of halogens is 2. The molecular formula is C18H16F2N2O4. The fourth-order valence-electron chi connectivity index (χ4n) is 3.11. The SMILES string of the molecule is O=C(c1ccc2c(c1)OCO2)N1CC(F)(F)C[C@H]1COc1ccncc1. The van der Waals surface area contributed by atoms with Crippen LogP contribution in [-0.4, -0.2) is 47.7 Å². The molecule has 0 bridgehead atoms. The summed E-state index contributed by atoms with van der Waals surface area (Å²) < 4.78 is 43.9. The Morgan fingerprint density at radius 3 is 2.81 bits per heavy atom. The molecule has 4 rings (SSSR count). The maximum absolute atomic E-state index is 14.0. The Bertz CT molecular complexity index is 816. The van der Waals surface area contributed by atoms with Crippen LogP contribution in [0.3, 0.4) is 0 Å². The van der Waals surface area contributed by atoms with Gasteiger partial charge in [0, 0.05) is 24.4 Å². The second kappa shape index (κ2) is 6.44. The third-order valence-corrected chi connectivity index (χ3v) is 4.35. The molecule has 26 heavy (non-hydrogen) atoms. The zero-order chi connectivity index (χ0) is 18.1. The van der Waals surface area contributed by atoms with E-state index < -0.39 is 30.8 Å². The summed E-state index contributed by atoms with van der Waals surface area (Å²) in [6, 6.07) is 7.21. The molecule has 1 fully saturated rings. The van der Waals surface area contributed by atoms with Gasteiger partial charge in [0.05, 0.1) is 12.6 Å². The number of carbonyl (C=O) groups excluding carboxylic acids is 1. The Balaban J connectivity index is 1.51. The van der Waals surface area contributed by atoms with Crippen molar-refractivity contribution in [2.75, 3.05) is 19.9 Å². The van der Waals surface area contributed by atoms with E-state index in [1.165, 1.54) is 11.0 Å². The van der Waals surface area contributed by atoms with Gasteiger partial charge in [-0.1, -0.05) is 0 Å². The van der Waals surface area contributed by atoms with E-state index in [1.807, 2.05) is 0 Å². The molecule has 2 aliphatic rings. The number of nitrogens with zero attached hydrogens (tertiary/aromatic N) is 2. The van der Waals surface area contributed by atoms with Crippen molar-refractivity contribution in [2.24, 2.45) is 0 Å². The highest BCUT2D eigenvalue weighted by Crippen LogP contribution is 2.36. The molecule has 0 N–H and O–H groups in total. The second-order valence-corrected chi connectivity index (χ2v) is 6.21. The molecular weight excluding hydrogens is 346 g/mol. The molecule has 1 aromatic heterocycles. The summed E-state index contributed by atoms with van der Waals surface area (Å²) >= 11 is 0. The van der Waals surface area contributed by atoms with E-state index >= 15 is 0 Å². The molecule has 8 heteroatoms. The minimum absolute atomic E-state index is 0.0180. The standard InChI is InChI=1S/C18H16F2N2O4/c19-18(20)8-13(9-24-14-3-5-21-6-4-14)22(10-18)17(23)12-1-2-15-16(7-12)26-11-25-15/h1-7,13H,8-11H2/t13-/m0/s1. The fourth-order valence-corrected chi connectivity index (χ4v) is 3.11. The Morgan fingerprint density at radius 2 is 2.00 bits per heavy atom. The molecule has 0 radical (unpaired) electrons. The third kappa shape index (κ3) is 3.26. The number of alkyl halides is 2. The number of likely N-dealkylation sites (tertiary alicyclic amines) is 1. The molecule has 136 valence electrons. The van der Waals surface area contributed by atoms with Gasteiger partial charge in [0.2, 0.25) is 6.79 Å². The van der Waals surface area contributed by atoms with Gasteiger partial charge in [-0.25, -0.2) is 8.78 Å². The summed E-state index contributed by atoms with van der Waals surface area (Å²) in [6.45, 7) is -0.572. The van der Waals surface area contributed by atoms with Crippen LogP contribution in [0.5, 0.6) is 17.2 Å². The molecule has 2 aliphatic heterocycles. The molecule has 0 unspecified atom stereocenters. The van der Waals surface area contributed by atoms with E-state index in [1.54, 1.807) is 36.7 Å². The molecule has 1 aromatic carbocycles. The van der Waals surface area contributed by atoms with Gasteiger partial charge in [0.15, 0.2) is 11.5 Å². The second-order valence-electron chi connectivity index (χ2n) is 6.21. The number of hydrogen-bond donors (Lipinski definition) is 0. The Kier molecular flexibility index (Phi) is 4.10. The van der Waals surface area contributed by atoms with Gasteiger partial charge in [-0.3, -0.25) is 9.78 Å². The zero-order valence-electron chi connectivity index (χ0n) is 13.7. The number of carbonyl (C=O) groups is 1. The number of hydrogen-bond acceptors (Lipinski definition) is 5. The predicted octanol–water partition coefficient (Wildman–Crippen LogP) is 2.74. The minimum atomic E-state index is -2.95. The van der Waals surface area contributed by atoms with Gasteiger partial charge < -0.3 is 19.1 Å². The van der Waals surface area contributed by atoms with Crippen molar-refractivity contribution in [3.05, 3.63) is 48.3 Å². The van der Waals surface area contributed by atoms with Crippen molar-refractivity contribution in [3.8, 4) is 17.2 Å². The minimum Gasteiger partial charge on any atom is -0.491 e. The van der Waals surface area contributed by atoms with Crippen LogP contribution in [0.25, 0.3) is 0 Å². The van der Waals surface area contributed by atoms with Gasteiger partial charge in [-0.2, -0.15) is 0 Å². The highest BCUT2D eigenvalue weighted by molar-refractivity contribution is 5.95. The number of ether oxygens (including phenoxy) is 3. The fraction of sp³-hybridized carbons (Fsp3) is 0.333. The molecule has 6 nitrogen and oxygen atoms in total. The van der Waals surface area contributed by atoms with E-state index in [4.69, 9.17) is 14.2 Å².